The summed E-state index contributed by atoms with van der Waals surface area (Å²) >= 11 is 0. The number of nitrogen functional groups attached to an aromatic ring is 1. The second kappa shape index (κ2) is 7.68. The molecule has 12 heteroatoms. The van der Waals surface area contributed by atoms with E-state index in [0.717, 1.165) is 37.1 Å². The van der Waals surface area contributed by atoms with E-state index < -0.39 is 36.7 Å². The zero-order chi connectivity index (χ0) is 19.7. The first-order valence-electron chi connectivity index (χ1n) is 8.58. The van der Waals surface area contributed by atoms with Gasteiger partial charge in [0.25, 0.3) is 11.9 Å². The molecule has 0 amide bonds. The summed E-state index contributed by atoms with van der Waals surface area (Å²) in [6.07, 6.45) is -5.75. The highest BCUT2D eigenvalue weighted by Crippen LogP contribution is 2.22. The fourth-order valence-corrected chi connectivity index (χ4v) is 3.14. The first-order chi connectivity index (χ1) is 12.8. The lowest BCUT2D eigenvalue weighted by atomic mass is 9.99. The van der Waals surface area contributed by atoms with Crippen LogP contribution in [0.1, 0.15) is 19.3 Å². The molecule has 1 aromatic heterocycles. The molecule has 12 nitrogen and oxygen atoms in total. The third kappa shape index (κ3) is 3.83. The zero-order valence-corrected chi connectivity index (χ0v) is 14.4. The van der Waals surface area contributed by atoms with Crippen molar-refractivity contribution in [2.24, 2.45) is 0 Å². The van der Waals surface area contributed by atoms with Gasteiger partial charge in [-0.3, -0.25) is 5.41 Å². The van der Waals surface area contributed by atoms with Crippen LogP contribution in [0, 0.1) is 5.41 Å². The maximum absolute atomic E-state index is 11.1. The molecule has 0 saturated carbocycles. The summed E-state index contributed by atoms with van der Waals surface area (Å²) in [7, 11) is 0. The van der Waals surface area contributed by atoms with E-state index in [1.807, 2.05) is 4.90 Å². The number of carbonyl (C=O) groups is 1. The van der Waals surface area contributed by atoms with Gasteiger partial charge in [0.15, 0.2) is 6.10 Å². The Kier molecular flexibility index (Phi) is 5.51. The number of carboxylic acid groups (broad SMARTS) is 1. The van der Waals surface area contributed by atoms with Crippen molar-refractivity contribution < 1.29 is 34.8 Å². The number of ether oxygens (including phenoxy) is 1. The minimum absolute atomic E-state index is 0.0149. The van der Waals surface area contributed by atoms with Gasteiger partial charge < -0.3 is 40.6 Å². The van der Waals surface area contributed by atoms with Gasteiger partial charge in [0.1, 0.15) is 29.9 Å². The maximum Gasteiger partial charge on any atom is 0.335 e. The maximum atomic E-state index is 11.1. The first-order valence-corrected chi connectivity index (χ1v) is 8.58. The van der Waals surface area contributed by atoms with Gasteiger partial charge in [0, 0.05) is 19.2 Å². The Hall–Kier alpha value is -2.41. The van der Waals surface area contributed by atoms with Crippen LogP contribution in [0.25, 0.3) is 0 Å². The standard InChI is InChI=1S/C15H23N5O7/c16-7-6-8(19-4-2-1-3-5-19)18-15(17)20(7)27-14-11(23)9(21)10(22)12(26-14)13(24)25/h6,9-12,14,17,21-23H,1-5,16H2,(H,24,25)/t9-,10-,11+,12-,14+/m0/s1. The van der Waals surface area contributed by atoms with E-state index in [2.05, 4.69) is 4.98 Å². The lowest BCUT2D eigenvalue weighted by molar-refractivity contribution is -0.294. The molecule has 1 aromatic rings. The van der Waals surface area contributed by atoms with Crippen molar-refractivity contribution in [1.29, 1.82) is 5.41 Å². The lowest BCUT2D eigenvalue weighted by Crippen LogP contribution is -2.62. The normalized spacial score (nSPS) is 31.5. The Morgan fingerprint density at radius 3 is 2.48 bits per heavy atom. The Morgan fingerprint density at radius 1 is 1.22 bits per heavy atom. The third-order valence-corrected chi connectivity index (χ3v) is 4.63. The van der Waals surface area contributed by atoms with Crippen LogP contribution >= 0.6 is 0 Å². The van der Waals surface area contributed by atoms with Crippen LogP contribution in [-0.2, 0) is 9.53 Å². The van der Waals surface area contributed by atoms with Crippen LogP contribution in [0.5, 0.6) is 0 Å². The van der Waals surface area contributed by atoms with Crippen LogP contribution < -0.4 is 21.1 Å². The largest absolute Gasteiger partial charge is 0.479 e. The van der Waals surface area contributed by atoms with Crippen molar-refractivity contribution in [2.75, 3.05) is 23.7 Å². The number of nitrogens with one attached hydrogen (secondary N) is 1. The van der Waals surface area contributed by atoms with Crippen molar-refractivity contribution in [2.45, 2.75) is 50.0 Å². The zero-order valence-electron chi connectivity index (χ0n) is 14.4. The van der Waals surface area contributed by atoms with E-state index in [9.17, 15) is 20.1 Å². The molecule has 0 aromatic carbocycles. The third-order valence-electron chi connectivity index (χ3n) is 4.63. The molecular weight excluding hydrogens is 362 g/mol. The van der Waals surface area contributed by atoms with E-state index in [4.69, 9.17) is 25.8 Å². The van der Waals surface area contributed by atoms with Gasteiger partial charge in [-0.1, -0.05) is 0 Å². The number of hydrogen-bond donors (Lipinski definition) is 6. The van der Waals surface area contributed by atoms with Crippen molar-refractivity contribution in [1.82, 2.24) is 9.71 Å². The minimum atomic E-state index is -1.84. The van der Waals surface area contributed by atoms with E-state index >= 15 is 0 Å². The molecule has 2 aliphatic rings. The van der Waals surface area contributed by atoms with Crippen molar-refractivity contribution in [3.05, 3.63) is 11.7 Å². The molecule has 2 fully saturated rings. The summed E-state index contributed by atoms with van der Waals surface area (Å²) in [4.78, 5) is 22.6. The van der Waals surface area contributed by atoms with Gasteiger partial charge in [0.2, 0.25) is 0 Å². The summed E-state index contributed by atoms with van der Waals surface area (Å²) in [5, 5.41) is 46.6. The Labute approximate surface area is 153 Å². The minimum Gasteiger partial charge on any atom is -0.479 e. The molecule has 0 radical (unpaired) electrons. The predicted molar refractivity (Wildman–Crippen MR) is 89.5 cm³/mol. The number of aliphatic hydroxyl groups excluding tert-OH is 3. The molecule has 5 atom stereocenters. The number of carboxylic acids is 1. The monoisotopic (exact) mass is 385 g/mol. The highest BCUT2D eigenvalue weighted by molar-refractivity contribution is 5.73. The summed E-state index contributed by atoms with van der Waals surface area (Å²) in [6.45, 7) is 1.59. The van der Waals surface area contributed by atoms with E-state index in [0.29, 0.717) is 5.82 Å². The first kappa shape index (κ1) is 19.4. The van der Waals surface area contributed by atoms with E-state index in [1.165, 1.54) is 6.07 Å². The fourth-order valence-electron chi connectivity index (χ4n) is 3.14. The number of nitrogens with zero attached hydrogens (tertiary/aromatic N) is 3. The molecule has 27 heavy (non-hydrogen) atoms. The number of piperidine rings is 1. The number of aromatic nitrogens is 2. The summed E-state index contributed by atoms with van der Waals surface area (Å²) in [5.41, 5.74) is 5.54. The molecule has 2 saturated heterocycles. The van der Waals surface area contributed by atoms with Gasteiger partial charge in [-0.05, 0) is 19.3 Å². The molecule has 0 aliphatic carbocycles. The number of rotatable bonds is 4. The number of hydrogen-bond acceptors (Lipinski definition) is 10. The van der Waals surface area contributed by atoms with Gasteiger partial charge in [-0.2, -0.15) is 4.98 Å². The highest BCUT2D eigenvalue weighted by Gasteiger charge is 2.48. The van der Waals surface area contributed by atoms with Crippen molar-refractivity contribution in [3.8, 4) is 0 Å². The highest BCUT2D eigenvalue weighted by atomic mass is 16.8. The van der Waals surface area contributed by atoms with E-state index in [-0.39, 0.29) is 11.4 Å². The molecule has 3 rings (SSSR count). The molecule has 2 aliphatic heterocycles. The van der Waals surface area contributed by atoms with Crippen molar-refractivity contribution in [3.63, 3.8) is 0 Å². The number of aliphatic hydroxyl groups is 3. The fraction of sp³-hybridized carbons (Fsp3) is 0.667. The number of aliphatic carboxylic acids is 1. The summed E-state index contributed by atoms with van der Waals surface area (Å²) < 4.78 is 5.79. The van der Waals surface area contributed by atoms with Crippen LogP contribution in [0.3, 0.4) is 0 Å². The molecule has 3 heterocycles. The van der Waals surface area contributed by atoms with E-state index in [1.54, 1.807) is 0 Å². The van der Waals surface area contributed by atoms with Crippen LogP contribution in [-0.4, -0.2) is 79.9 Å². The SMILES string of the molecule is N=c1nc(N2CCCCC2)cc(N)n1O[C@H]1O[C@H](C(=O)O)[C@@H](O)[C@H](O)[C@H]1O. The van der Waals surface area contributed by atoms with Crippen molar-refractivity contribution >= 4 is 17.6 Å². The quantitative estimate of drug-likeness (QED) is 0.317. The molecule has 7 N–H and O–H groups in total. The Balaban J connectivity index is 1.82. The second-order valence-corrected chi connectivity index (χ2v) is 6.55. The average molecular weight is 385 g/mol. The molecular formula is C15H23N5O7. The Bertz CT molecular complexity index is 751. The van der Waals surface area contributed by atoms with Gasteiger partial charge in [-0.15, -0.1) is 4.73 Å². The lowest BCUT2D eigenvalue weighted by Gasteiger charge is -2.38. The Morgan fingerprint density at radius 2 is 1.89 bits per heavy atom. The molecule has 150 valence electrons. The topological polar surface area (TPSA) is 187 Å². The van der Waals surface area contributed by atoms with Gasteiger partial charge >= 0.3 is 5.97 Å². The average Bonchev–Trinajstić information content (AvgIpc) is 2.64. The molecule has 0 bridgehead atoms. The predicted octanol–water partition coefficient (Wildman–Crippen LogP) is -2.74. The van der Waals surface area contributed by atoms with Crippen LogP contribution in [0.2, 0.25) is 0 Å². The summed E-state index contributed by atoms with van der Waals surface area (Å²) in [5.74, 6) is -1.04. The molecule has 0 unspecified atom stereocenters. The number of nitrogens with two attached hydrogens (primary N) is 1. The molecule has 0 spiro atoms. The van der Waals surface area contributed by atoms with Gasteiger partial charge in [0.05, 0.1) is 0 Å². The smallest absolute Gasteiger partial charge is 0.335 e. The second-order valence-electron chi connectivity index (χ2n) is 6.55. The number of anilines is 2. The summed E-state index contributed by atoms with van der Waals surface area (Å²) in [6, 6.07) is 1.50. The van der Waals surface area contributed by atoms with Crippen LogP contribution in [0.4, 0.5) is 11.6 Å². The van der Waals surface area contributed by atoms with Crippen LogP contribution in [0.15, 0.2) is 6.07 Å². The van der Waals surface area contributed by atoms with Gasteiger partial charge in [-0.25, -0.2) is 4.79 Å².